The first kappa shape index (κ1) is 18.3. The highest BCUT2D eigenvalue weighted by Gasteiger charge is 2.43. The predicted molar refractivity (Wildman–Crippen MR) is 72.1 cm³/mol. The molecule has 0 radical (unpaired) electrons. The van der Waals surface area contributed by atoms with Crippen LogP contribution in [0.3, 0.4) is 0 Å². The smallest absolute Gasteiger partial charge is 0.372 e. The van der Waals surface area contributed by atoms with E-state index in [1.54, 1.807) is 0 Å². The Morgan fingerprint density at radius 2 is 1.80 bits per heavy atom. The molecular formula is C11H17Cl2F3O3S. The zero-order valence-corrected chi connectivity index (χ0v) is 13.1. The van der Waals surface area contributed by atoms with Crippen molar-refractivity contribution in [1.82, 2.24) is 0 Å². The van der Waals surface area contributed by atoms with Crippen LogP contribution < -0.4 is 0 Å². The number of ether oxygens (including phenoxy) is 1. The topological polar surface area (TPSA) is 43.4 Å². The summed E-state index contributed by atoms with van der Waals surface area (Å²) >= 11 is 11.8. The van der Waals surface area contributed by atoms with E-state index in [0.717, 1.165) is 0 Å². The van der Waals surface area contributed by atoms with Crippen molar-refractivity contribution in [2.45, 2.75) is 19.0 Å². The lowest BCUT2D eigenvalue weighted by molar-refractivity contribution is -0.175. The summed E-state index contributed by atoms with van der Waals surface area (Å²) in [6, 6.07) is 0. The van der Waals surface area contributed by atoms with E-state index < -0.39 is 28.0 Å². The van der Waals surface area contributed by atoms with Gasteiger partial charge in [-0.1, -0.05) is 0 Å². The maximum absolute atomic E-state index is 12.0. The van der Waals surface area contributed by atoms with Crippen molar-refractivity contribution in [2.24, 2.45) is 11.3 Å². The van der Waals surface area contributed by atoms with Crippen LogP contribution >= 0.6 is 23.2 Å². The number of alkyl halides is 5. The molecule has 1 heterocycles. The first-order valence-corrected chi connectivity index (χ1v) is 9.00. The van der Waals surface area contributed by atoms with Gasteiger partial charge in [0.2, 0.25) is 0 Å². The maximum Gasteiger partial charge on any atom is 0.411 e. The molecule has 0 saturated carbocycles. The highest BCUT2D eigenvalue weighted by Crippen LogP contribution is 2.41. The second-order valence-electron chi connectivity index (χ2n) is 5.15. The lowest BCUT2D eigenvalue weighted by Gasteiger charge is -2.35. The summed E-state index contributed by atoms with van der Waals surface area (Å²) in [5.74, 6) is 0.0532. The summed E-state index contributed by atoms with van der Waals surface area (Å²) in [6.45, 7) is -1.47. The van der Waals surface area contributed by atoms with Crippen LogP contribution in [0.25, 0.3) is 0 Å². The van der Waals surface area contributed by atoms with Gasteiger partial charge in [-0.05, 0) is 18.8 Å². The van der Waals surface area contributed by atoms with Crippen LogP contribution in [0.5, 0.6) is 0 Å². The van der Waals surface area contributed by atoms with Gasteiger partial charge in [-0.2, -0.15) is 13.2 Å². The second-order valence-corrected chi connectivity index (χ2v) is 7.91. The largest absolute Gasteiger partial charge is 0.411 e. The highest BCUT2D eigenvalue weighted by atomic mass is 35.5. The van der Waals surface area contributed by atoms with Gasteiger partial charge >= 0.3 is 6.18 Å². The molecule has 120 valence electrons. The highest BCUT2D eigenvalue weighted by molar-refractivity contribution is 7.91. The van der Waals surface area contributed by atoms with Gasteiger partial charge in [0.15, 0.2) is 9.84 Å². The number of sulfone groups is 1. The number of rotatable bonds is 7. The van der Waals surface area contributed by atoms with Crippen LogP contribution in [-0.2, 0) is 14.6 Å². The molecule has 0 N–H and O–H groups in total. The quantitative estimate of drug-likeness (QED) is 0.520. The van der Waals surface area contributed by atoms with Gasteiger partial charge in [0, 0.05) is 23.8 Å². The van der Waals surface area contributed by atoms with Crippen LogP contribution in [0.1, 0.15) is 12.8 Å². The normalized spacial score (nSPS) is 23.1. The standard InChI is InChI=1S/C11H17Cl2F3O3S/c12-6-10(7-13,2-3-19-8-11(14,15)16)9-1-4-20(17,18)5-9/h9H,1-8H2. The summed E-state index contributed by atoms with van der Waals surface area (Å²) in [6.07, 6.45) is -3.71. The lowest BCUT2D eigenvalue weighted by Crippen LogP contribution is -2.37. The lowest BCUT2D eigenvalue weighted by atomic mass is 9.76. The van der Waals surface area contributed by atoms with E-state index in [1.807, 2.05) is 0 Å². The zero-order valence-electron chi connectivity index (χ0n) is 10.8. The maximum atomic E-state index is 12.0. The summed E-state index contributed by atoms with van der Waals surface area (Å²) in [4.78, 5) is 0. The van der Waals surface area contributed by atoms with Crippen LogP contribution in [0.2, 0.25) is 0 Å². The van der Waals surface area contributed by atoms with Crippen molar-refractivity contribution in [1.29, 1.82) is 0 Å². The van der Waals surface area contributed by atoms with Gasteiger partial charge < -0.3 is 4.74 Å². The van der Waals surface area contributed by atoms with Gasteiger partial charge in [-0.3, -0.25) is 0 Å². The van der Waals surface area contributed by atoms with Crippen molar-refractivity contribution in [2.75, 3.05) is 36.5 Å². The monoisotopic (exact) mass is 356 g/mol. The van der Waals surface area contributed by atoms with Gasteiger partial charge in [0.25, 0.3) is 0 Å². The SMILES string of the molecule is O=S1(=O)CCC(C(CCl)(CCl)CCOCC(F)(F)F)C1. The summed E-state index contributed by atoms with van der Waals surface area (Å²) in [5, 5.41) is 0. The molecule has 0 bridgehead atoms. The molecule has 1 fully saturated rings. The number of hydrogen-bond donors (Lipinski definition) is 0. The minimum Gasteiger partial charge on any atom is -0.372 e. The fourth-order valence-corrected chi connectivity index (χ4v) is 5.27. The molecule has 1 aliphatic heterocycles. The Bertz CT molecular complexity index is 408. The molecule has 9 heteroatoms. The van der Waals surface area contributed by atoms with E-state index >= 15 is 0 Å². The molecule has 20 heavy (non-hydrogen) atoms. The van der Waals surface area contributed by atoms with E-state index in [0.29, 0.717) is 6.42 Å². The molecule has 0 spiro atoms. The van der Waals surface area contributed by atoms with Crippen LogP contribution in [0, 0.1) is 11.3 Å². The summed E-state index contributed by atoms with van der Waals surface area (Å²) in [7, 11) is -3.09. The first-order valence-electron chi connectivity index (χ1n) is 6.11. The molecule has 1 aliphatic rings. The minimum absolute atomic E-state index is 0.00822. The molecule has 0 aromatic carbocycles. The first-order chi connectivity index (χ1) is 9.14. The van der Waals surface area contributed by atoms with Crippen molar-refractivity contribution >= 4 is 33.0 Å². The van der Waals surface area contributed by atoms with Crippen LogP contribution in [-0.4, -0.2) is 51.1 Å². The Hall–Kier alpha value is 0.280. The molecule has 1 unspecified atom stereocenters. The molecule has 1 atom stereocenters. The third-order valence-electron chi connectivity index (χ3n) is 3.64. The number of halogens is 5. The van der Waals surface area contributed by atoms with Crippen LogP contribution in [0.15, 0.2) is 0 Å². The Balaban J connectivity index is 2.59. The van der Waals surface area contributed by atoms with E-state index in [1.165, 1.54) is 0 Å². The minimum atomic E-state index is -4.37. The van der Waals surface area contributed by atoms with Crippen molar-refractivity contribution in [3.8, 4) is 0 Å². The fraction of sp³-hybridized carbons (Fsp3) is 1.00. The summed E-state index contributed by atoms with van der Waals surface area (Å²) < 4.78 is 63.6. The Labute approximate surface area is 126 Å². The van der Waals surface area contributed by atoms with E-state index in [9.17, 15) is 21.6 Å². The van der Waals surface area contributed by atoms with E-state index in [4.69, 9.17) is 23.2 Å². The van der Waals surface area contributed by atoms with Crippen LogP contribution in [0.4, 0.5) is 13.2 Å². The zero-order chi connectivity index (χ0) is 15.4. The Morgan fingerprint density at radius 1 is 1.20 bits per heavy atom. The average Bonchev–Trinajstić information content (AvgIpc) is 2.70. The number of hydrogen-bond acceptors (Lipinski definition) is 3. The Kier molecular flexibility index (Phi) is 6.44. The van der Waals surface area contributed by atoms with Gasteiger partial charge in [0.1, 0.15) is 6.61 Å². The Morgan fingerprint density at radius 3 is 2.20 bits per heavy atom. The third-order valence-corrected chi connectivity index (χ3v) is 6.47. The van der Waals surface area contributed by atoms with Gasteiger partial charge in [0.05, 0.1) is 11.5 Å². The molecule has 1 saturated heterocycles. The predicted octanol–water partition coefficient (Wildman–Crippen LogP) is 2.85. The molecule has 3 nitrogen and oxygen atoms in total. The van der Waals surface area contributed by atoms with Crippen molar-refractivity contribution in [3.05, 3.63) is 0 Å². The molecule has 0 amide bonds. The van der Waals surface area contributed by atoms with Crippen molar-refractivity contribution < 1.29 is 26.3 Å². The molecule has 0 aromatic rings. The van der Waals surface area contributed by atoms with Crippen molar-refractivity contribution in [3.63, 3.8) is 0 Å². The molecule has 1 rings (SSSR count). The average molecular weight is 357 g/mol. The fourth-order valence-electron chi connectivity index (χ4n) is 2.33. The second kappa shape index (κ2) is 7.03. The third kappa shape index (κ3) is 5.24. The van der Waals surface area contributed by atoms with E-state index in [-0.39, 0.29) is 42.2 Å². The molecule has 0 aromatic heterocycles. The molecule has 0 aliphatic carbocycles. The van der Waals surface area contributed by atoms with Gasteiger partial charge in [-0.15, -0.1) is 23.2 Å². The summed E-state index contributed by atoms with van der Waals surface area (Å²) in [5.41, 5.74) is -0.696. The molecular weight excluding hydrogens is 340 g/mol. The van der Waals surface area contributed by atoms with Gasteiger partial charge in [-0.25, -0.2) is 8.42 Å². The van der Waals surface area contributed by atoms with E-state index in [2.05, 4.69) is 4.74 Å².